The topological polar surface area (TPSA) is 60.9 Å². The van der Waals surface area contributed by atoms with Gasteiger partial charge in [-0.05, 0) is 64.6 Å². The molecule has 0 radical (unpaired) electrons. The summed E-state index contributed by atoms with van der Waals surface area (Å²) < 4.78 is 28.1. The average molecular weight is 552 g/mol. The summed E-state index contributed by atoms with van der Waals surface area (Å²) >= 11 is 1.80. The second-order valence-electron chi connectivity index (χ2n) is 11.3. The van der Waals surface area contributed by atoms with Gasteiger partial charge in [0.2, 0.25) is 15.9 Å². The van der Waals surface area contributed by atoms with E-state index in [1.54, 1.807) is 23.5 Å². The molecule has 0 spiro atoms. The Kier molecular flexibility index (Phi) is 7.52. The van der Waals surface area contributed by atoms with Crippen molar-refractivity contribution in [2.75, 3.05) is 39.3 Å². The molecule has 1 aromatic heterocycles. The van der Waals surface area contributed by atoms with Crippen molar-refractivity contribution in [1.29, 1.82) is 0 Å². The fraction of sp³-hybridized carbons (Fsp3) is 0.433. The highest BCUT2D eigenvalue weighted by molar-refractivity contribution is 7.89. The molecule has 3 heterocycles. The van der Waals surface area contributed by atoms with Crippen LogP contribution >= 0.6 is 11.3 Å². The number of carbonyl (C=O) groups is 1. The fourth-order valence-corrected chi connectivity index (χ4v) is 7.85. The van der Waals surface area contributed by atoms with E-state index in [0.717, 1.165) is 18.5 Å². The lowest BCUT2D eigenvalue weighted by atomic mass is 9.87. The molecule has 2 aliphatic rings. The lowest BCUT2D eigenvalue weighted by molar-refractivity contribution is -0.134. The Morgan fingerprint density at radius 3 is 2.26 bits per heavy atom. The second kappa shape index (κ2) is 10.6. The molecule has 3 aromatic rings. The molecule has 8 heteroatoms. The number of thiophene rings is 1. The zero-order valence-corrected chi connectivity index (χ0v) is 24.3. The molecule has 202 valence electrons. The van der Waals surface area contributed by atoms with Crippen molar-refractivity contribution >= 4 is 27.3 Å². The van der Waals surface area contributed by atoms with E-state index in [9.17, 15) is 13.2 Å². The van der Waals surface area contributed by atoms with Crippen LogP contribution in [0.5, 0.6) is 0 Å². The first-order valence-corrected chi connectivity index (χ1v) is 15.6. The summed E-state index contributed by atoms with van der Waals surface area (Å²) in [5.41, 5.74) is 4.84. The van der Waals surface area contributed by atoms with Crippen molar-refractivity contribution in [1.82, 2.24) is 14.1 Å². The van der Waals surface area contributed by atoms with E-state index < -0.39 is 10.0 Å². The smallest absolute Gasteiger partial charge is 0.243 e. The molecule has 1 amide bonds. The third-order valence-corrected chi connectivity index (χ3v) is 10.7. The van der Waals surface area contributed by atoms with Gasteiger partial charge in [0, 0.05) is 37.6 Å². The number of benzene rings is 2. The van der Waals surface area contributed by atoms with E-state index in [4.69, 9.17) is 0 Å². The number of hydrogen-bond acceptors (Lipinski definition) is 5. The van der Waals surface area contributed by atoms with Crippen LogP contribution in [0.25, 0.3) is 0 Å². The maximum Gasteiger partial charge on any atom is 0.243 e. The second-order valence-corrected chi connectivity index (χ2v) is 14.3. The number of aryl methyl sites for hydroxylation is 1. The number of carbonyl (C=O) groups excluding carboxylic acids is 1. The highest BCUT2D eigenvalue weighted by Gasteiger charge is 2.35. The van der Waals surface area contributed by atoms with Crippen molar-refractivity contribution < 1.29 is 13.2 Å². The molecule has 1 saturated heterocycles. The van der Waals surface area contributed by atoms with Gasteiger partial charge >= 0.3 is 0 Å². The zero-order chi connectivity index (χ0) is 27.1. The molecule has 1 fully saturated rings. The SMILES string of the molecule is Cc1ccccc1[C@H]1c2ccsc2CCN1CC(=O)N1CCN(S(=O)(=O)c2ccc(C(C)(C)C)cc2)CC1. The van der Waals surface area contributed by atoms with Crippen LogP contribution in [0, 0.1) is 6.92 Å². The average Bonchev–Trinajstić information content (AvgIpc) is 3.38. The van der Waals surface area contributed by atoms with Crippen molar-refractivity contribution in [3.05, 3.63) is 87.1 Å². The summed E-state index contributed by atoms with van der Waals surface area (Å²) in [6.07, 6.45) is 0.947. The molecule has 38 heavy (non-hydrogen) atoms. The molecule has 0 bridgehead atoms. The predicted octanol–water partition coefficient (Wildman–Crippen LogP) is 4.83. The first-order valence-electron chi connectivity index (χ1n) is 13.3. The minimum atomic E-state index is -3.59. The standard InChI is InChI=1S/C30H37N3O3S2/c1-22-7-5-6-8-25(22)29-26-14-20-37-27(26)13-15-32(29)21-28(34)31-16-18-33(19-17-31)38(35,36)24-11-9-23(10-12-24)30(2,3)4/h5-12,14,20,29H,13,15-19,21H2,1-4H3/t29-/m0/s1. The zero-order valence-electron chi connectivity index (χ0n) is 22.7. The summed E-state index contributed by atoms with van der Waals surface area (Å²) in [5, 5.41) is 2.15. The van der Waals surface area contributed by atoms with E-state index in [1.807, 2.05) is 17.0 Å². The van der Waals surface area contributed by atoms with Crippen molar-refractivity contribution in [3.63, 3.8) is 0 Å². The van der Waals surface area contributed by atoms with Gasteiger partial charge in [0.05, 0.1) is 17.5 Å². The van der Waals surface area contributed by atoms with Crippen molar-refractivity contribution in [3.8, 4) is 0 Å². The van der Waals surface area contributed by atoms with Crippen LogP contribution in [0.15, 0.2) is 64.9 Å². The molecule has 2 aromatic carbocycles. The van der Waals surface area contributed by atoms with E-state index in [-0.39, 0.29) is 17.4 Å². The Labute approximate surface area is 230 Å². The molecule has 1 atom stereocenters. The van der Waals surface area contributed by atoms with Gasteiger partial charge in [-0.3, -0.25) is 9.69 Å². The Morgan fingerprint density at radius 2 is 1.61 bits per heavy atom. The maximum atomic E-state index is 13.5. The number of hydrogen-bond donors (Lipinski definition) is 0. The van der Waals surface area contributed by atoms with Gasteiger partial charge in [-0.25, -0.2) is 8.42 Å². The molecular formula is C30H37N3O3S2. The lowest BCUT2D eigenvalue weighted by Crippen LogP contribution is -2.53. The molecular weight excluding hydrogens is 514 g/mol. The minimum absolute atomic E-state index is 0.0359. The minimum Gasteiger partial charge on any atom is -0.339 e. The summed E-state index contributed by atoms with van der Waals surface area (Å²) in [7, 11) is -3.59. The van der Waals surface area contributed by atoms with Crippen molar-refractivity contribution in [2.24, 2.45) is 0 Å². The monoisotopic (exact) mass is 551 g/mol. The molecule has 2 aliphatic heterocycles. The summed E-state index contributed by atoms with van der Waals surface area (Å²) in [5.74, 6) is 0.0637. The van der Waals surface area contributed by atoms with Gasteiger partial charge in [0.25, 0.3) is 0 Å². The van der Waals surface area contributed by atoms with Crippen LogP contribution < -0.4 is 0 Å². The maximum absolute atomic E-state index is 13.5. The highest BCUT2D eigenvalue weighted by atomic mass is 32.2. The van der Waals surface area contributed by atoms with E-state index in [1.165, 1.54) is 25.9 Å². The number of nitrogens with zero attached hydrogens (tertiary/aromatic N) is 3. The predicted molar refractivity (Wildman–Crippen MR) is 153 cm³/mol. The Morgan fingerprint density at radius 1 is 0.921 bits per heavy atom. The number of sulfonamides is 1. The molecule has 0 aliphatic carbocycles. The first-order chi connectivity index (χ1) is 18.1. The molecule has 0 N–H and O–H groups in total. The fourth-order valence-electron chi connectivity index (χ4n) is 5.52. The molecule has 5 rings (SSSR count). The summed E-state index contributed by atoms with van der Waals surface area (Å²) in [6, 6.07) is 17.9. The van der Waals surface area contributed by atoms with Gasteiger partial charge in [0.1, 0.15) is 0 Å². The lowest BCUT2D eigenvalue weighted by Gasteiger charge is -2.39. The largest absolute Gasteiger partial charge is 0.339 e. The van der Waals surface area contributed by atoms with Crippen LogP contribution in [0.1, 0.15) is 53.9 Å². The highest BCUT2D eigenvalue weighted by Crippen LogP contribution is 2.38. The Bertz CT molecular complexity index is 1400. The molecule has 0 saturated carbocycles. The van der Waals surface area contributed by atoms with Crippen LogP contribution in [-0.2, 0) is 26.7 Å². The summed E-state index contributed by atoms with van der Waals surface area (Å²) in [6.45, 7) is 11.1. The number of amides is 1. The van der Waals surface area contributed by atoms with Crippen LogP contribution in [-0.4, -0.2) is 67.7 Å². The Balaban J connectivity index is 1.26. The van der Waals surface area contributed by atoms with Crippen LogP contribution in [0.3, 0.4) is 0 Å². The van der Waals surface area contributed by atoms with Gasteiger partial charge in [-0.15, -0.1) is 11.3 Å². The number of piperazine rings is 1. The number of fused-ring (bicyclic) bond motifs is 1. The van der Waals surface area contributed by atoms with E-state index in [2.05, 4.69) is 68.3 Å². The normalized spacial score (nSPS) is 19.4. The van der Waals surface area contributed by atoms with E-state index in [0.29, 0.717) is 37.6 Å². The summed E-state index contributed by atoms with van der Waals surface area (Å²) in [4.78, 5) is 19.3. The third kappa shape index (κ3) is 5.32. The number of rotatable bonds is 5. The van der Waals surface area contributed by atoms with Gasteiger partial charge in [-0.1, -0.05) is 57.2 Å². The van der Waals surface area contributed by atoms with Gasteiger partial charge in [0.15, 0.2) is 0 Å². The van der Waals surface area contributed by atoms with Crippen LogP contribution in [0.4, 0.5) is 0 Å². The molecule has 0 unspecified atom stereocenters. The Hall–Kier alpha value is -2.52. The first kappa shape index (κ1) is 27.1. The van der Waals surface area contributed by atoms with Gasteiger partial charge < -0.3 is 4.90 Å². The van der Waals surface area contributed by atoms with Crippen LogP contribution in [0.2, 0.25) is 0 Å². The molecule has 6 nitrogen and oxygen atoms in total. The quantitative estimate of drug-likeness (QED) is 0.456. The van der Waals surface area contributed by atoms with E-state index >= 15 is 0 Å². The van der Waals surface area contributed by atoms with Crippen molar-refractivity contribution in [2.45, 2.75) is 50.5 Å². The van der Waals surface area contributed by atoms with Gasteiger partial charge in [-0.2, -0.15) is 4.31 Å². The third-order valence-electron chi connectivity index (χ3n) is 7.84.